The normalized spacial score (nSPS) is 28.0. The van der Waals surface area contributed by atoms with Crippen LogP contribution in [0.15, 0.2) is 48.8 Å². The van der Waals surface area contributed by atoms with Gasteiger partial charge < -0.3 is 10.1 Å². The Morgan fingerprint density at radius 2 is 2.04 bits per heavy atom. The Morgan fingerprint density at radius 1 is 1.26 bits per heavy atom. The second-order valence-electron chi connectivity index (χ2n) is 7.69. The van der Waals surface area contributed by atoms with Gasteiger partial charge in [0.15, 0.2) is 0 Å². The Balaban J connectivity index is 1.55. The molecular formula is C21H25N3O3. The topological polar surface area (TPSA) is 77.3 Å². The van der Waals surface area contributed by atoms with Crippen molar-refractivity contribution in [1.82, 2.24) is 10.3 Å². The summed E-state index contributed by atoms with van der Waals surface area (Å²) in [4.78, 5) is 15.0. The molecule has 0 spiro atoms. The molecule has 1 aromatic carbocycles. The van der Waals surface area contributed by atoms with E-state index in [-0.39, 0.29) is 28.9 Å². The van der Waals surface area contributed by atoms with Gasteiger partial charge in [0.2, 0.25) is 0 Å². The summed E-state index contributed by atoms with van der Waals surface area (Å²) in [5, 5.41) is 15.1. The molecule has 1 aliphatic heterocycles. The SMILES string of the molecule is CC1C(NCc2ccccc2)CC(c2ccncc2[N+](=O)[O-])OC1C1CC1. The van der Waals surface area contributed by atoms with Crippen LogP contribution in [0.25, 0.3) is 0 Å². The highest BCUT2D eigenvalue weighted by molar-refractivity contribution is 5.39. The highest BCUT2D eigenvalue weighted by Gasteiger charge is 2.45. The summed E-state index contributed by atoms with van der Waals surface area (Å²) in [7, 11) is 0. The fourth-order valence-electron chi connectivity index (χ4n) is 4.14. The van der Waals surface area contributed by atoms with E-state index in [1.54, 1.807) is 12.3 Å². The van der Waals surface area contributed by atoms with Crippen LogP contribution in [0.2, 0.25) is 0 Å². The molecule has 1 aliphatic carbocycles. The first kappa shape index (κ1) is 18.1. The molecule has 6 nitrogen and oxygen atoms in total. The van der Waals surface area contributed by atoms with Gasteiger partial charge in [0.1, 0.15) is 6.20 Å². The molecule has 142 valence electrons. The first-order valence-corrected chi connectivity index (χ1v) is 9.64. The number of nitrogens with one attached hydrogen (secondary N) is 1. The number of hydrogen-bond acceptors (Lipinski definition) is 5. The maximum absolute atomic E-state index is 11.4. The standard InChI is InChI=1S/C21H25N3O3/c1-14-18(23-12-15-5-3-2-4-6-15)11-20(27-21(14)16-7-8-16)17-9-10-22-13-19(17)24(25)26/h2-6,9-10,13-14,16,18,20-21,23H,7-8,11-12H2,1H3. The van der Waals surface area contributed by atoms with E-state index in [1.807, 2.05) is 18.2 Å². The van der Waals surface area contributed by atoms with Crippen LogP contribution in [-0.4, -0.2) is 22.1 Å². The summed E-state index contributed by atoms with van der Waals surface area (Å²) >= 11 is 0. The highest BCUT2D eigenvalue weighted by atomic mass is 16.6. The van der Waals surface area contributed by atoms with Gasteiger partial charge >= 0.3 is 0 Å². The van der Waals surface area contributed by atoms with Crippen LogP contribution in [0.4, 0.5) is 5.69 Å². The molecule has 4 rings (SSSR count). The Hall–Kier alpha value is -2.31. The van der Waals surface area contributed by atoms with Gasteiger partial charge in [0, 0.05) is 18.8 Å². The van der Waals surface area contributed by atoms with Gasteiger partial charge in [-0.1, -0.05) is 37.3 Å². The molecule has 2 heterocycles. The number of ether oxygens (including phenoxy) is 1. The molecule has 4 atom stereocenters. The van der Waals surface area contributed by atoms with E-state index in [0.717, 1.165) is 13.0 Å². The summed E-state index contributed by atoms with van der Waals surface area (Å²) in [6.07, 6.45) is 5.91. The Morgan fingerprint density at radius 3 is 2.74 bits per heavy atom. The van der Waals surface area contributed by atoms with Gasteiger partial charge in [0.05, 0.1) is 22.7 Å². The Labute approximate surface area is 159 Å². The second-order valence-corrected chi connectivity index (χ2v) is 7.69. The molecule has 0 radical (unpaired) electrons. The van der Waals surface area contributed by atoms with Crippen molar-refractivity contribution >= 4 is 5.69 Å². The minimum Gasteiger partial charge on any atom is -0.369 e. The lowest BCUT2D eigenvalue weighted by Crippen LogP contribution is -2.47. The number of pyridine rings is 1. The van der Waals surface area contributed by atoms with E-state index < -0.39 is 0 Å². The van der Waals surface area contributed by atoms with Crippen molar-refractivity contribution < 1.29 is 9.66 Å². The lowest BCUT2D eigenvalue weighted by atomic mass is 9.83. The number of aromatic nitrogens is 1. The van der Waals surface area contributed by atoms with Gasteiger partial charge in [-0.15, -0.1) is 0 Å². The number of nitro groups is 1. The van der Waals surface area contributed by atoms with Crippen LogP contribution in [0.5, 0.6) is 0 Å². The molecule has 1 saturated heterocycles. The zero-order chi connectivity index (χ0) is 18.8. The molecule has 0 amide bonds. The minimum absolute atomic E-state index is 0.0495. The Bertz CT molecular complexity index is 794. The van der Waals surface area contributed by atoms with E-state index in [2.05, 4.69) is 29.4 Å². The van der Waals surface area contributed by atoms with Gasteiger partial charge in [-0.25, -0.2) is 0 Å². The molecule has 1 aromatic heterocycles. The molecule has 2 aliphatic rings. The van der Waals surface area contributed by atoms with Crippen molar-refractivity contribution in [3.05, 3.63) is 70.0 Å². The number of nitrogens with zero attached hydrogens (tertiary/aromatic N) is 2. The molecule has 2 aromatic rings. The molecular weight excluding hydrogens is 342 g/mol. The molecule has 6 heteroatoms. The van der Waals surface area contributed by atoms with Gasteiger partial charge in [-0.3, -0.25) is 15.1 Å². The Kier molecular flexibility index (Phi) is 5.18. The van der Waals surface area contributed by atoms with Crippen molar-refractivity contribution in [2.45, 2.75) is 51.0 Å². The number of hydrogen-bond donors (Lipinski definition) is 1. The predicted molar refractivity (Wildman–Crippen MR) is 102 cm³/mol. The fourth-order valence-corrected chi connectivity index (χ4v) is 4.14. The zero-order valence-corrected chi connectivity index (χ0v) is 15.5. The van der Waals surface area contributed by atoms with E-state index >= 15 is 0 Å². The molecule has 1 saturated carbocycles. The van der Waals surface area contributed by atoms with Gasteiger partial charge in [0.25, 0.3) is 5.69 Å². The summed E-state index contributed by atoms with van der Waals surface area (Å²) < 4.78 is 6.41. The molecule has 2 fully saturated rings. The van der Waals surface area contributed by atoms with Gasteiger partial charge in [-0.05, 0) is 42.7 Å². The number of benzene rings is 1. The molecule has 0 bridgehead atoms. The van der Waals surface area contributed by atoms with Crippen molar-refractivity contribution in [3.8, 4) is 0 Å². The lowest BCUT2D eigenvalue weighted by molar-refractivity contribution is -0.386. The molecule has 1 N–H and O–H groups in total. The second kappa shape index (κ2) is 7.74. The maximum Gasteiger partial charge on any atom is 0.293 e. The smallest absolute Gasteiger partial charge is 0.293 e. The van der Waals surface area contributed by atoms with E-state index in [0.29, 0.717) is 17.4 Å². The third-order valence-electron chi connectivity index (χ3n) is 5.82. The largest absolute Gasteiger partial charge is 0.369 e. The monoisotopic (exact) mass is 367 g/mol. The van der Waals surface area contributed by atoms with Crippen LogP contribution in [0.3, 0.4) is 0 Å². The van der Waals surface area contributed by atoms with Crippen LogP contribution >= 0.6 is 0 Å². The summed E-state index contributed by atoms with van der Waals surface area (Å²) in [6, 6.07) is 12.3. The van der Waals surface area contributed by atoms with Crippen molar-refractivity contribution in [1.29, 1.82) is 0 Å². The fraction of sp³-hybridized carbons (Fsp3) is 0.476. The van der Waals surface area contributed by atoms with Crippen molar-refractivity contribution in [2.75, 3.05) is 0 Å². The number of rotatable bonds is 6. The van der Waals surface area contributed by atoms with E-state index in [4.69, 9.17) is 4.74 Å². The van der Waals surface area contributed by atoms with Crippen LogP contribution in [-0.2, 0) is 11.3 Å². The minimum atomic E-state index is -0.359. The third-order valence-corrected chi connectivity index (χ3v) is 5.82. The van der Waals surface area contributed by atoms with Crippen LogP contribution < -0.4 is 5.32 Å². The quantitative estimate of drug-likeness (QED) is 0.616. The van der Waals surface area contributed by atoms with Gasteiger partial charge in [-0.2, -0.15) is 0 Å². The molecule has 27 heavy (non-hydrogen) atoms. The predicted octanol–water partition coefficient (Wildman–Crippen LogP) is 4.02. The third kappa shape index (κ3) is 4.01. The summed E-state index contributed by atoms with van der Waals surface area (Å²) in [5.74, 6) is 0.947. The molecule has 4 unspecified atom stereocenters. The lowest BCUT2D eigenvalue weighted by Gasteiger charge is -2.41. The van der Waals surface area contributed by atoms with Crippen LogP contribution in [0, 0.1) is 22.0 Å². The van der Waals surface area contributed by atoms with Crippen molar-refractivity contribution in [3.63, 3.8) is 0 Å². The highest BCUT2D eigenvalue weighted by Crippen LogP contribution is 2.46. The van der Waals surface area contributed by atoms with E-state index in [1.165, 1.54) is 24.6 Å². The van der Waals surface area contributed by atoms with E-state index in [9.17, 15) is 10.1 Å². The van der Waals surface area contributed by atoms with Crippen molar-refractivity contribution in [2.24, 2.45) is 11.8 Å². The maximum atomic E-state index is 11.4. The first-order valence-electron chi connectivity index (χ1n) is 9.64. The average molecular weight is 367 g/mol. The summed E-state index contributed by atoms with van der Waals surface area (Å²) in [5.41, 5.74) is 1.93. The average Bonchev–Trinajstić information content (AvgIpc) is 3.53. The zero-order valence-electron chi connectivity index (χ0n) is 15.5. The van der Waals surface area contributed by atoms with Crippen LogP contribution in [0.1, 0.15) is 43.4 Å². The summed E-state index contributed by atoms with van der Waals surface area (Å²) in [6.45, 7) is 3.03. The first-order chi connectivity index (χ1) is 13.1.